The van der Waals surface area contributed by atoms with E-state index in [0.717, 1.165) is 18.5 Å². The lowest BCUT2D eigenvalue weighted by Crippen LogP contribution is -2.28. The van der Waals surface area contributed by atoms with Crippen LogP contribution in [0.1, 0.15) is 11.3 Å². The maximum atomic E-state index is 4.23. The maximum Gasteiger partial charge on any atom is 0.141 e. The zero-order chi connectivity index (χ0) is 10.4. The zero-order valence-electron chi connectivity index (χ0n) is 8.99. The van der Waals surface area contributed by atoms with E-state index < -0.39 is 0 Å². The van der Waals surface area contributed by atoms with Gasteiger partial charge in [0.25, 0.3) is 0 Å². The molecule has 0 unspecified atom stereocenters. The highest BCUT2D eigenvalue weighted by Crippen LogP contribution is 2.29. The van der Waals surface area contributed by atoms with Gasteiger partial charge in [-0.1, -0.05) is 0 Å². The summed E-state index contributed by atoms with van der Waals surface area (Å²) in [5.74, 6) is 0. The lowest BCUT2D eigenvalue weighted by Gasteiger charge is -2.18. The number of H-pyrrole nitrogens is 1. The quantitative estimate of drug-likeness (QED) is 0.750. The molecule has 0 saturated heterocycles. The molecule has 0 aliphatic heterocycles. The van der Waals surface area contributed by atoms with Crippen LogP contribution in [-0.2, 0) is 12.8 Å². The molecule has 78 valence electrons. The molecular formula is C11H14N4. The number of fused-ring (bicyclic) bond motifs is 3. The maximum absolute atomic E-state index is 4.23. The molecule has 1 N–H and O–H groups in total. The standard InChI is InChI=1S/C11H14N4/c1-15(2)7-3-8-9-5-12-6-13-11(9)14-10(8)4-7/h5-7H,3-4H2,1-2H3,(H,12,13,14)/t7-/m1/s1. The van der Waals surface area contributed by atoms with Crippen molar-refractivity contribution in [2.75, 3.05) is 14.1 Å². The van der Waals surface area contributed by atoms with Crippen molar-refractivity contribution in [2.45, 2.75) is 18.9 Å². The number of nitrogens with zero attached hydrogens (tertiary/aromatic N) is 3. The second-order valence-electron chi connectivity index (χ2n) is 4.39. The van der Waals surface area contributed by atoms with Gasteiger partial charge in [0.1, 0.15) is 12.0 Å². The number of aromatic amines is 1. The predicted molar refractivity (Wildman–Crippen MR) is 58.8 cm³/mol. The molecule has 0 fully saturated rings. The third-order valence-corrected chi connectivity index (χ3v) is 3.28. The fraction of sp³-hybridized carbons (Fsp3) is 0.455. The largest absolute Gasteiger partial charge is 0.343 e. The van der Waals surface area contributed by atoms with Gasteiger partial charge < -0.3 is 9.88 Å². The first-order valence-corrected chi connectivity index (χ1v) is 5.21. The molecule has 15 heavy (non-hydrogen) atoms. The fourth-order valence-electron chi connectivity index (χ4n) is 2.35. The normalized spacial score (nSPS) is 20.1. The zero-order valence-corrected chi connectivity index (χ0v) is 8.99. The average molecular weight is 202 g/mol. The average Bonchev–Trinajstić information content (AvgIpc) is 2.73. The molecule has 2 heterocycles. The molecular weight excluding hydrogens is 188 g/mol. The van der Waals surface area contributed by atoms with Gasteiger partial charge in [-0.2, -0.15) is 0 Å². The van der Waals surface area contributed by atoms with Gasteiger partial charge in [0.2, 0.25) is 0 Å². The van der Waals surface area contributed by atoms with Crippen LogP contribution in [0.25, 0.3) is 11.0 Å². The number of rotatable bonds is 1. The van der Waals surface area contributed by atoms with E-state index in [0.29, 0.717) is 6.04 Å². The van der Waals surface area contributed by atoms with Crippen molar-refractivity contribution in [3.63, 3.8) is 0 Å². The van der Waals surface area contributed by atoms with Gasteiger partial charge in [0.15, 0.2) is 0 Å². The Bertz CT molecular complexity index is 500. The first-order chi connectivity index (χ1) is 7.25. The highest BCUT2D eigenvalue weighted by molar-refractivity contribution is 5.81. The summed E-state index contributed by atoms with van der Waals surface area (Å²) < 4.78 is 0. The minimum Gasteiger partial charge on any atom is -0.343 e. The van der Waals surface area contributed by atoms with E-state index in [1.54, 1.807) is 6.33 Å². The van der Waals surface area contributed by atoms with Gasteiger partial charge in [0, 0.05) is 29.7 Å². The molecule has 3 rings (SSSR count). The van der Waals surface area contributed by atoms with E-state index in [2.05, 4.69) is 33.9 Å². The molecule has 4 nitrogen and oxygen atoms in total. The highest BCUT2D eigenvalue weighted by Gasteiger charge is 2.26. The van der Waals surface area contributed by atoms with Crippen LogP contribution in [0.3, 0.4) is 0 Å². The number of nitrogens with one attached hydrogen (secondary N) is 1. The Morgan fingerprint density at radius 3 is 3.07 bits per heavy atom. The van der Waals surface area contributed by atoms with Gasteiger partial charge >= 0.3 is 0 Å². The summed E-state index contributed by atoms with van der Waals surface area (Å²) in [6, 6.07) is 0.621. The van der Waals surface area contributed by atoms with Gasteiger partial charge in [-0.05, 0) is 26.1 Å². The number of likely N-dealkylation sites (N-methyl/N-ethyl adjacent to an activating group) is 1. The summed E-state index contributed by atoms with van der Waals surface area (Å²) in [6.07, 6.45) is 5.71. The van der Waals surface area contributed by atoms with E-state index in [1.165, 1.54) is 16.6 Å². The van der Waals surface area contributed by atoms with Crippen LogP contribution in [0.2, 0.25) is 0 Å². The highest BCUT2D eigenvalue weighted by atomic mass is 15.1. The van der Waals surface area contributed by atoms with Crippen LogP contribution in [0.5, 0.6) is 0 Å². The topological polar surface area (TPSA) is 44.8 Å². The number of aromatic nitrogens is 3. The monoisotopic (exact) mass is 202 g/mol. The van der Waals surface area contributed by atoms with E-state index in [-0.39, 0.29) is 0 Å². The number of hydrogen-bond donors (Lipinski definition) is 1. The summed E-state index contributed by atoms with van der Waals surface area (Å²) in [5, 5.41) is 1.19. The van der Waals surface area contributed by atoms with Crippen molar-refractivity contribution in [2.24, 2.45) is 0 Å². The molecule has 4 heteroatoms. The van der Waals surface area contributed by atoms with E-state index >= 15 is 0 Å². The van der Waals surface area contributed by atoms with Crippen molar-refractivity contribution < 1.29 is 0 Å². The molecule has 0 radical (unpaired) electrons. The predicted octanol–water partition coefficient (Wildman–Crippen LogP) is 0.987. The minimum absolute atomic E-state index is 0.621. The molecule has 0 amide bonds. The van der Waals surface area contributed by atoms with Crippen molar-refractivity contribution >= 4 is 11.0 Å². The van der Waals surface area contributed by atoms with Crippen LogP contribution in [-0.4, -0.2) is 40.0 Å². The smallest absolute Gasteiger partial charge is 0.141 e. The van der Waals surface area contributed by atoms with Crippen LogP contribution < -0.4 is 0 Å². The second-order valence-corrected chi connectivity index (χ2v) is 4.39. The lowest BCUT2D eigenvalue weighted by atomic mass is 10.1. The molecule has 1 aliphatic rings. The summed E-state index contributed by atoms with van der Waals surface area (Å²) in [6.45, 7) is 0. The third kappa shape index (κ3) is 1.25. The minimum atomic E-state index is 0.621. The van der Waals surface area contributed by atoms with Crippen molar-refractivity contribution in [1.29, 1.82) is 0 Å². The molecule has 2 aromatic heterocycles. The fourth-order valence-corrected chi connectivity index (χ4v) is 2.35. The summed E-state index contributed by atoms with van der Waals surface area (Å²) in [7, 11) is 4.27. The van der Waals surface area contributed by atoms with E-state index in [9.17, 15) is 0 Å². The van der Waals surface area contributed by atoms with Crippen LogP contribution in [0.15, 0.2) is 12.5 Å². The van der Waals surface area contributed by atoms with Crippen molar-refractivity contribution in [3.8, 4) is 0 Å². The number of hydrogen-bond acceptors (Lipinski definition) is 3. The van der Waals surface area contributed by atoms with E-state index in [4.69, 9.17) is 0 Å². The van der Waals surface area contributed by atoms with Crippen LogP contribution in [0.4, 0.5) is 0 Å². The van der Waals surface area contributed by atoms with E-state index in [1.807, 2.05) is 6.20 Å². The summed E-state index contributed by atoms with van der Waals surface area (Å²) >= 11 is 0. The molecule has 0 spiro atoms. The van der Waals surface area contributed by atoms with Gasteiger partial charge in [0.05, 0.1) is 0 Å². The first kappa shape index (κ1) is 8.85. The molecule has 0 saturated carbocycles. The van der Waals surface area contributed by atoms with Gasteiger partial charge in [-0.15, -0.1) is 0 Å². The Balaban J connectivity index is 2.08. The first-order valence-electron chi connectivity index (χ1n) is 5.21. The Morgan fingerprint density at radius 2 is 2.27 bits per heavy atom. The van der Waals surface area contributed by atoms with Crippen molar-refractivity contribution in [3.05, 3.63) is 23.8 Å². The van der Waals surface area contributed by atoms with Crippen LogP contribution >= 0.6 is 0 Å². The third-order valence-electron chi connectivity index (χ3n) is 3.28. The molecule has 2 aromatic rings. The Labute approximate surface area is 88.3 Å². The Kier molecular flexibility index (Phi) is 1.79. The van der Waals surface area contributed by atoms with Gasteiger partial charge in [-0.25, -0.2) is 9.97 Å². The Morgan fingerprint density at radius 1 is 1.40 bits per heavy atom. The molecule has 0 bridgehead atoms. The summed E-state index contributed by atoms with van der Waals surface area (Å²) in [4.78, 5) is 14.0. The second kappa shape index (κ2) is 3.03. The lowest BCUT2D eigenvalue weighted by molar-refractivity contribution is 0.303. The molecule has 1 atom stereocenters. The van der Waals surface area contributed by atoms with Crippen LogP contribution in [0, 0.1) is 0 Å². The molecule has 0 aromatic carbocycles. The Hall–Kier alpha value is -1.42. The van der Waals surface area contributed by atoms with Crippen molar-refractivity contribution in [1.82, 2.24) is 19.9 Å². The SMILES string of the molecule is CN(C)[C@H]1Cc2[nH]c3ncncc3c2C1. The summed E-state index contributed by atoms with van der Waals surface area (Å²) in [5.41, 5.74) is 3.72. The molecule has 1 aliphatic carbocycles. The van der Waals surface area contributed by atoms with Gasteiger partial charge in [-0.3, -0.25) is 0 Å².